The van der Waals surface area contributed by atoms with Crippen LogP contribution in [0.25, 0.3) is 0 Å². The number of nitrogens with one attached hydrogen (secondary N) is 2. The lowest BCUT2D eigenvalue weighted by atomic mass is 10.1. The third-order valence-electron chi connectivity index (χ3n) is 5.23. The minimum atomic E-state index is -0.622. The number of pyridine rings is 2. The highest BCUT2D eigenvalue weighted by Crippen LogP contribution is 2.23. The quantitative estimate of drug-likeness (QED) is 0.352. The summed E-state index contributed by atoms with van der Waals surface area (Å²) in [4.78, 5) is 50.0. The molecule has 0 aliphatic rings. The molecule has 0 fully saturated rings. The summed E-state index contributed by atoms with van der Waals surface area (Å²) in [6.07, 6.45) is 4.36. The summed E-state index contributed by atoms with van der Waals surface area (Å²) in [5, 5.41) is 9.16. The van der Waals surface area contributed by atoms with E-state index in [1.807, 2.05) is 24.4 Å². The summed E-state index contributed by atoms with van der Waals surface area (Å²) in [5.74, 6) is -0.180. The molecule has 0 aliphatic heterocycles. The molecule has 0 aliphatic carbocycles. The van der Waals surface area contributed by atoms with Crippen LogP contribution in [-0.2, 0) is 17.7 Å². The number of aromatic nitrogens is 2. The Morgan fingerprint density at radius 3 is 2.45 bits per heavy atom. The van der Waals surface area contributed by atoms with Gasteiger partial charge in [-0.15, -0.1) is 11.3 Å². The van der Waals surface area contributed by atoms with E-state index in [-0.39, 0.29) is 18.2 Å². The van der Waals surface area contributed by atoms with Gasteiger partial charge in [0, 0.05) is 43.8 Å². The molecule has 3 heterocycles. The van der Waals surface area contributed by atoms with E-state index < -0.39 is 11.7 Å². The van der Waals surface area contributed by atoms with Gasteiger partial charge in [0.1, 0.15) is 11.3 Å². The Bertz CT molecular complexity index is 1220. The predicted molar refractivity (Wildman–Crippen MR) is 149 cm³/mol. The molecule has 3 amide bonds. The van der Waals surface area contributed by atoms with Gasteiger partial charge < -0.3 is 19.9 Å². The molecule has 0 saturated carbocycles. The van der Waals surface area contributed by atoms with Crippen molar-refractivity contribution in [3.8, 4) is 0 Å². The molecule has 0 unspecified atom stereocenters. The molecule has 3 aromatic heterocycles. The van der Waals surface area contributed by atoms with E-state index in [2.05, 4.69) is 20.6 Å². The average molecular weight is 539 g/mol. The number of urea groups is 1. The highest BCUT2D eigenvalue weighted by atomic mass is 32.1. The van der Waals surface area contributed by atoms with Crippen molar-refractivity contribution in [3.63, 3.8) is 0 Å². The van der Waals surface area contributed by atoms with Crippen molar-refractivity contribution in [1.29, 1.82) is 0 Å². The molecule has 0 radical (unpaired) electrons. The Hall–Kier alpha value is -3.83. The minimum Gasteiger partial charge on any atom is -0.444 e. The SMILES string of the molecule is CN(C)CCN(Cc1ccc(C(=O)Cc2cscc2NC(=O)OC(C)(C)C)nc1)C(=O)Nc1cccnc1. The first kappa shape index (κ1) is 28.7. The van der Waals surface area contributed by atoms with Gasteiger partial charge in [0.2, 0.25) is 0 Å². The van der Waals surface area contributed by atoms with Crippen LogP contribution in [0.5, 0.6) is 0 Å². The fraction of sp³-hybridized carbons (Fsp3) is 0.370. The first-order chi connectivity index (χ1) is 18.0. The number of hydrogen-bond acceptors (Lipinski definition) is 8. The van der Waals surface area contributed by atoms with Crippen LogP contribution in [-0.4, -0.2) is 70.5 Å². The van der Waals surface area contributed by atoms with Crippen LogP contribution in [0, 0.1) is 0 Å². The van der Waals surface area contributed by atoms with E-state index >= 15 is 0 Å². The van der Waals surface area contributed by atoms with Crippen LogP contribution in [0.1, 0.15) is 42.4 Å². The number of rotatable bonds is 10. The number of hydrogen-bond donors (Lipinski definition) is 2. The van der Waals surface area contributed by atoms with Gasteiger partial charge in [-0.1, -0.05) is 6.07 Å². The number of nitrogens with zero attached hydrogens (tertiary/aromatic N) is 4. The molecule has 2 N–H and O–H groups in total. The number of carbonyl (C=O) groups excluding carboxylic acids is 3. The third-order valence-corrected chi connectivity index (χ3v) is 6.02. The van der Waals surface area contributed by atoms with Gasteiger partial charge in [-0.25, -0.2) is 9.59 Å². The lowest BCUT2D eigenvalue weighted by molar-refractivity contribution is 0.0635. The Kier molecular flexibility index (Phi) is 9.91. The van der Waals surface area contributed by atoms with Crippen molar-refractivity contribution in [2.75, 3.05) is 37.8 Å². The van der Waals surface area contributed by atoms with Crippen LogP contribution < -0.4 is 10.6 Å². The second kappa shape index (κ2) is 13.1. The summed E-state index contributed by atoms with van der Waals surface area (Å²) < 4.78 is 5.30. The monoisotopic (exact) mass is 538 g/mol. The third kappa shape index (κ3) is 9.24. The maximum absolute atomic E-state index is 12.9. The fourth-order valence-electron chi connectivity index (χ4n) is 3.36. The molecule has 202 valence electrons. The molecule has 0 saturated heterocycles. The van der Waals surface area contributed by atoms with Gasteiger partial charge in [-0.05, 0) is 69.6 Å². The van der Waals surface area contributed by atoms with Gasteiger partial charge in [0.15, 0.2) is 5.78 Å². The number of ketones is 1. The summed E-state index contributed by atoms with van der Waals surface area (Å²) in [7, 11) is 3.89. The number of anilines is 2. The zero-order valence-electron chi connectivity index (χ0n) is 22.4. The summed E-state index contributed by atoms with van der Waals surface area (Å²) in [6, 6.07) is 6.75. The van der Waals surface area contributed by atoms with E-state index in [4.69, 9.17) is 4.74 Å². The van der Waals surface area contributed by atoms with Crippen molar-refractivity contribution in [2.24, 2.45) is 0 Å². The largest absolute Gasteiger partial charge is 0.444 e. The average Bonchev–Trinajstić information content (AvgIpc) is 3.27. The molecule has 0 atom stereocenters. The van der Waals surface area contributed by atoms with Crippen LogP contribution in [0.2, 0.25) is 0 Å². The summed E-state index contributed by atoms with van der Waals surface area (Å²) in [5.41, 5.74) is 2.33. The Morgan fingerprint density at radius 1 is 1.03 bits per heavy atom. The van der Waals surface area contributed by atoms with Crippen LogP contribution >= 0.6 is 11.3 Å². The molecule has 0 bridgehead atoms. The van der Waals surface area contributed by atoms with Crippen molar-refractivity contribution < 1.29 is 19.1 Å². The minimum absolute atomic E-state index is 0.0868. The molecule has 3 rings (SSSR count). The second-order valence-electron chi connectivity index (χ2n) is 9.99. The zero-order valence-corrected chi connectivity index (χ0v) is 23.2. The zero-order chi connectivity index (χ0) is 27.7. The van der Waals surface area contributed by atoms with Crippen LogP contribution in [0.15, 0.2) is 53.6 Å². The van der Waals surface area contributed by atoms with Crippen molar-refractivity contribution in [3.05, 3.63) is 70.4 Å². The van der Waals surface area contributed by atoms with Crippen molar-refractivity contribution >= 4 is 40.6 Å². The molecular weight excluding hydrogens is 504 g/mol. The highest BCUT2D eigenvalue weighted by molar-refractivity contribution is 7.08. The van der Waals surface area contributed by atoms with E-state index in [0.29, 0.717) is 42.3 Å². The molecule has 0 aromatic carbocycles. The van der Waals surface area contributed by atoms with E-state index in [1.165, 1.54) is 11.3 Å². The fourth-order valence-corrected chi connectivity index (χ4v) is 4.15. The highest BCUT2D eigenvalue weighted by Gasteiger charge is 2.20. The lowest BCUT2D eigenvalue weighted by Crippen LogP contribution is -2.39. The summed E-state index contributed by atoms with van der Waals surface area (Å²) in [6.45, 7) is 6.88. The first-order valence-corrected chi connectivity index (χ1v) is 13.1. The standard InChI is InChI=1S/C27H34N6O4S/c1-27(2,3)37-26(36)31-23-18-38-17-20(23)13-24(34)22-9-8-19(14-29-22)16-33(12-11-32(4)5)25(35)30-21-7-6-10-28-15-21/h6-10,14-15,17-18H,11-13,16H2,1-5H3,(H,30,35)(H,31,36). The molecular formula is C27H34N6O4S. The Labute approximate surface area is 227 Å². The second-order valence-corrected chi connectivity index (χ2v) is 10.7. The summed E-state index contributed by atoms with van der Waals surface area (Å²) >= 11 is 1.39. The van der Waals surface area contributed by atoms with Gasteiger partial charge in [-0.3, -0.25) is 20.1 Å². The van der Waals surface area contributed by atoms with E-state index in [9.17, 15) is 14.4 Å². The van der Waals surface area contributed by atoms with Gasteiger partial charge in [0.25, 0.3) is 0 Å². The normalized spacial score (nSPS) is 11.2. The lowest BCUT2D eigenvalue weighted by Gasteiger charge is -2.24. The van der Waals surface area contributed by atoms with E-state index in [0.717, 1.165) is 5.56 Å². The number of amides is 3. The maximum Gasteiger partial charge on any atom is 0.412 e. The molecule has 0 spiro atoms. The maximum atomic E-state index is 12.9. The number of ether oxygens (including phenoxy) is 1. The van der Waals surface area contributed by atoms with Crippen molar-refractivity contribution in [2.45, 2.75) is 39.3 Å². The van der Waals surface area contributed by atoms with Gasteiger partial charge in [0.05, 0.1) is 17.6 Å². The Morgan fingerprint density at radius 2 is 1.82 bits per heavy atom. The Balaban J connectivity index is 1.63. The van der Waals surface area contributed by atoms with Gasteiger partial charge >= 0.3 is 12.1 Å². The predicted octanol–water partition coefficient (Wildman–Crippen LogP) is 4.91. The van der Waals surface area contributed by atoms with E-state index in [1.54, 1.807) is 73.9 Å². The molecule has 38 heavy (non-hydrogen) atoms. The number of likely N-dealkylation sites (N-methyl/N-ethyl adjacent to an activating group) is 1. The topological polar surface area (TPSA) is 117 Å². The first-order valence-electron chi connectivity index (χ1n) is 12.1. The molecule has 11 heteroatoms. The number of Topliss-reactive ketones (excluding diaryl/α,β-unsaturated/α-hetero) is 1. The van der Waals surface area contributed by atoms with Crippen molar-refractivity contribution in [1.82, 2.24) is 19.8 Å². The smallest absolute Gasteiger partial charge is 0.412 e. The number of thiophene rings is 1. The molecule has 3 aromatic rings. The van der Waals surface area contributed by atoms with Crippen LogP contribution in [0.4, 0.5) is 21.0 Å². The van der Waals surface area contributed by atoms with Crippen LogP contribution in [0.3, 0.4) is 0 Å². The molecule has 10 nitrogen and oxygen atoms in total. The number of carbonyl (C=O) groups is 3. The van der Waals surface area contributed by atoms with Gasteiger partial charge in [-0.2, -0.15) is 0 Å².